The second-order valence-corrected chi connectivity index (χ2v) is 7.41. The van der Waals surface area contributed by atoms with Gasteiger partial charge >= 0.3 is 0 Å². The van der Waals surface area contributed by atoms with E-state index in [4.69, 9.17) is 11.1 Å². The molecule has 0 saturated heterocycles. The number of nitrogens with two attached hydrogens (primary N) is 1. The summed E-state index contributed by atoms with van der Waals surface area (Å²) in [5.41, 5.74) is 12.4. The summed E-state index contributed by atoms with van der Waals surface area (Å²) in [5.74, 6) is 0.122. The Morgan fingerprint density at radius 1 is 1.42 bits per heavy atom. The fourth-order valence-corrected chi connectivity index (χ4v) is 3.91. The zero-order valence-corrected chi connectivity index (χ0v) is 15.9. The summed E-state index contributed by atoms with van der Waals surface area (Å²) in [6.07, 6.45) is 5.53. The van der Waals surface area contributed by atoms with E-state index in [9.17, 15) is 4.39 Å². The van der Waals surface area contributed by atoms with E-state index >= 15 is 0 Å². The van der Waals surface area contributed by atoms with Crippen LogP contribution in [-0.4, -0.2) is 10.8 Å². The Labute approximate surface area is 154 Å². The van der Waals surface area contributed by atoms with E-state index in [1.54, 1.807) is 13.0 Å². The maximum Gasteiger partial charge on any atom is 0.121 e. The van der Waals surface area contributed by atoms with Gasteiger partial charge in [-0.05, 0) is 55.5 Å². The molecule has 26 heavy (non-hydrogen) atoms. The van der Waals surface area contributed by atoms with Crippen LogP contribution in [0.1, 0.15) is 62.9 Å². The lowest BCUT2D eigenvalue weighted by Gasteiger charge is -2.24. The standard InChI is InChI=1S/C22H26FN3/c1-12(2)21-17-10-19(25)15(11-24)9-20(17)26(22(21)13(3)4)16-6-7-18(23)14(5)8-16/h7-11,13,16,24H,1,6,25H2,2-5H3. The molecule has 0 radical (unpaired) electrons. The first-order chi connectivity index (χ1) is 12.3. The first kappa shape index (κ1) is 18.2. The van der Waals surface area contributed by atoms with Crippen molar-refractivity contribution in [3.63, 3.8) is 0 Å². The number of allylic oxidation sites excluding steroid dienone is 5. The first-order valence-electron chi connectivity index (χ1n) is 8.94. The number of nitrogen functional groups attached to an aromatic ring is 1. The van der Waals surface area contributed by atoms with E-state index in [2.05, 4.69) is 25.0 Å². The van der Waals surface area contributed by atoms with E-state index in [-0.39, 0.29) is 17.8 Å². The van der Waals surface area contributed by atoms with Crippen molar-refractivity contribution in [2.45, 2.75) is 46.1 Å². The van der Waals surface area contributed by atoms with Crippen LogP contribution in [0.2, 0.25) is 0 Å². The van der Waals surface area contributed by atoms with Crippen molar-refractivity contribution < 1.29 is 4.39 Å². The van der Waals surface area contributed by atoms with Gasteiger partial charge in [0.1, 0.15) is 5.83 Å². The Kier molecular flexibility index (Phi) is 4.61. The highest BCUT2D eigenvalue weighted by Gasteiger charge is 2.26. The number of aromatic nitrogens is 1. The van der Waals surface area contributed by atoms with Gasteiger partial charge in [0.15, 0.2) is 0 Å². The smallest absolute Gasteiger partial charge is 0.121 e. The summed E-state index contributed by atoms with van der Waals surface area (Å²) in [6, 6.07) is 3.94. The molecule has 1 atom stereocenters. The molecule has 1 aromatic heterocycles. The monoisotopic (exact) mass is 351 g/mol. The number of hydrogen-bond acceptors (Lipinski definition) is 2. The van der Waals surface area contributed by atoms with Crippen LogP contribution in [-0.2, 0) is 0 Å². The predicted molar refractivity (Wildman–Crippen MR) is 110 cm³/mol. The van der Waals surface area contributed by atoms with Gasteiger partial charge in [-0.2, -0.15) is 0 Å². The molecule has 2 aromatic rings. The molecule has 1 aromatic carbocycles. The van der Waals surface area contributed by atoms with Crippen molar-refractivity contribution >= 4 is 28.4 Å². The molecule has 1 unspecified atom stereocenters. The normalized spacial score (nSPS) is 17.4. The fourth-order valence-electron chi connectivity index (χ4n) is 3.91. The molecule has 0 spiro atoms. The summed E-state index contributed by atoms with van der Waals surface area (Å²) >= 11 is 0. The Bertz CT molecular complexity index is 973. The molecule has 3 rings (SSSR count). The molecule has 136 valence electrons. The lowest BCUT2D eigenvalue weighted by molar-refractivity contribution is 0.551. The highest BCUT2D eigenvalue weighted by molar-refractivity contribution is 6.01. The number of hydrogen-bond donors (Lipinski definition) is 2. The van der Waals surface area contributed by atoms with Crippen LogP contribution in [0, 0.1) is 5.41 Å². The van der Waals surface area contributed by atoms with Gasteiger partial charge in [0.05, 0.1) is 11.6 Å². The predicted octanol–water partition coefficient (Wildman–Crippen LogP) is 6.12. The maximum atomic E-state index is 13.9. The molecule has 1 aliphatic carbocycles. The van der Waals surface area contributed by atoms with Gasteiger partial charge in [-0.3, -0.25) is 0 Å². The van der Waals surface area contributed by atoms with Crippen LogP contribution in [0.4, 0.5) is 10.1 Å². The summed E-state index contributed by atoms with van der Waals surface area (Å²) in [4.78, 5) is 0. The largest absolute Gasteiger partial charge is 0.398 e. The van der Waals surface area contributed by atoms with Crippen molar-refractivity contribution in [2.24, 2.45) is 0 Å². The highest BCUT2D eigenvalue weighted by Crippen LogP contribution is 2.41. The number of nitrogens with zero attached hydrogens (tertiary/aromatic N) is 1. The van der Waals surface area contributed by atoms with Gasteiger partial charge in [-0.25, -0.2) is 4.39 Å². The van der Waals surface area contributed by atoms with E-state index < -0.39 is 0 Å². The Morgan fingerprint density at radius 2 is 2.12 bits per heavy atom. The third-order valence-corrected chi connectivity index (χ3v) is 5.06. The molecule has 0 fully saturated rings. The van der Waals surface area contributed by atoms with Crippen molar-refractivity contribution in [2.75, 3.05) is 5.73 Å². The lowest BCUT2D eigenvalue weighted by Crippen LogP contribution is -2.14. The minimum absolute atomic E-state index is 0.0321. The van der Waals surface area contributed by atoms with E-state index in [1.165, 1.54) is 11.9 Å². The average Bonchev–Trinajstić information content (AvgIpc) is 2.91. The van der Waals surface area contributed by atoms with E-state index in [0.29, 0.717) is 23.2 Å². The van der Waals surface area contributed by atoms with Crippen LogP contribution in [0.3, 0.4) is 0 Å². The summed E-state index contributed by atoms with van der Waals surface area (Å²) < 4.78 is 16.1. The van der Waals surface area contributed by atoms with Gasteiger partial charge in [0.2, 0.25) is 0 Å². The molecular weight excluding hydrogens is 325 g/mol. The minimum Gasteiger partial charge on any atom is -0.398 e. The minimum atomic E-state index is -0.145. The number of anilines is 1. The fraction of sp³-hybridized carbons (Fsp3) is 0.318. The van der Waals surface area contributed by atoms with Gasteiger partial charge in [-0.15, -0.1) is 0 Å². The second kappa shape index (κ2) is 6.60. The molecule has 1 heterocycles. The Balaban J connectivity index is 2.41. The van der Waals surface area contributed by atoms with Crippen molar-refractivity contribution in [1.82, 2.24) is 4.57 Å². The van der Waals surface area contributed by atoms with Crippen LogP contribution in [0.5, 0.6) is 0 Å². The molecule has 0 bridgehead atoms. The number of rotatable bonds is 4. The van der Waals surface area contributed by atoms with Crippen molar-refractivity contribution in [1.29, 1.82) is 5.41 Å². The topological polar surface area (TPSA) is 54.8 Å². The molecule has 0 aliphatic heterocycles. The quantitative estimate of drug-likeness (QED) is 0.506. The summed E-state index contributed by atoms with van der Waals surface area (Å²) in [5, 5.41) is 8.71. The van der Waals surface area contributed by atoms with Crippen LogP contribution >= 0.6 is 0 Å². The zero-order chi connectivity index (χ0) is 19.2. The highest BCUT2D eigenvalue weighted by atomic mass is 19.1. The molecule has 1 aliphatic rings. The third-order valence-electron chi connectivity index (χ3n) is 5.06. The molecule has 4 heteroatoms. The van der Waals surface area contributed by atoms with Crippen LogP contribution in [0.25, 0.3) is 16.5 Å². The van der Waals surface area contributed by atoms with E-state index in [0.717, 1.165) is 22.0 Å². The summed E-state index contributed by atoms with van der Waals surface area (Å²) in [6.45, 7) is 12.3. The number of fused-ring (bicyclic) bond motifs is 1. The summed E-state index contributed by atoms with van der Waals surface area (Å²) in [7, 11) is 0. The number of nitrogens with one attached hydrogen (secondary N) is 1. The van der Waals surface area contributed by atoms with E-state index in [1.807, 2.05) is 25.1 Å². The third kappa shape index (κ3) is 2.79. The second-order valence-electron chi connectivity index (χ2n) is 7.41. The van der Waals surface area contributed by atoms with Crippen LogP contribution in [0.15, 0.2) is 42.3 Å². The van der Waals surface area contributed by atoms with Gasteiger partial charge in [-0.1, -0.05) is 26.5 Å². The van der Waals surface area contributed by atoms with Crippen LogP contribution < -0.4 is 5.73 Å². The molecule has 3 N–H and O–H groups in total. The number of benzene rings is 1. The lowest BCUT2D eigenvalue weighted by atomic mass is 9.97. The SMILES string of the molecule is C=C(C)c1c(C(C)C)n(C2C=C(C)C(F)=CC2)c2cc(C=N)c(N)cc12. The molecule has 0 amide bonds. The van der Waals surface area contributed by atoms with Gasteiger partial charge in [0.25, 0.3) is 0 Å². The molecule has 3 nitrogen and oxygen atoms in total. The Hall–Kier alpha value is -2.62. The van der Waals surface area contributed by atoms with Gasteiger partial charge in [0, 0.05) is 34.1 Å². The van der Waals surface area contributed by atoms with Gasteiger partial charge < -0.3 is 15.7 Å². The number of halogens is 1. The Morgan fingerprint density at radius 3 is 2.65 bits per heavy atom. The molecular formula is C22H26FN3. The average molecular weight is 351 g/mol. The zero-order valence-electron chi connectivity index (χ0n) is 15.9. The van der Waals surface area contributed by atoms with Crippen molar-refractivity contribution in [3.8, 4) is 0 Å². The molecule has 0 saturated carbocycles. The first-order valence-corrected chi connectivity index (χ1v) is 8.94. The maximum absolute atomic E-state index is 13.9. The van der Waals surface area contributed by atoms with Crippen molar-refractivity contribution in [3.05, 3.63) is 59.1 Å².